The number of hydrogen-bond acceptors (Lipinski definition) is 3. The molecule has 0 bridgehead atoms. The second-order valence-corrected chi connectivity index (χ2v) is 6.10. The number of rotatable bonds is 5. The van der Waals surface area contributed by atoms with Crippen LogP contribution < -0.4 is 10.5 Å². The number of halogens is 1. The molecule has 0 aliphatic heterocycles. The van der Waals surface area contributed by atoms with Crippen LogP contribution in [0.4, 0.5) is 4.39 Å². The van der Waals surface area contributed by atoms with Gasteiger partial charge in [-0.25, -0.2) is 17.5 Å². The molecule has 2 aromatic carbocycles. The van der Waals surface area contributed by atoms with Crippen molar-refractivity contribution in [2.75, 3.05) is 0 Å². The standard InChI is InChI=1S/C14H14FN3O2S/c15-12-6-1-2-7-13(12)21(19,20)18-9-10-4-3-5-11(8-10)14(16)17/h1-8,18H,9H2,(H3,16,17). The first-order chi connectivity index (χ1) is 9.90. The SMILES string of the molecule is N=C(N)c1cccc(CNS(=O)(=O)c2ccccc2F)c1. The van der Waals surface area contributed by atoms with E-state index in [9.17, 15) is 12.8 Å². The normalized spacial score (nSPS) is 11.3. The first-order valence-corrected chi connectivity index (χ1v) is 7.56. The molecule has 0 aliphatic carbocycles. The van der Waals surface area contributed by atoms with E-state index >= 15 is 0 Å². The number of sulfonamides is 1. The molecule has 0 unspecified atom stereocenters. The summed E-state index contributed by atoms with van der Waals surface area (Å²) in [6.45, 7) is -0.0161. The van der Waals surface area contributed by atoms with Crippen LogP contribution in [0.1, 0.15) is 11.1 Å². The maximum absolute atomic E-state index is 13.5. The first kappa shape index (κ1) is 15.1. The van der Waals surface area contributed by atoms with E-state index in [0.29, 0.717) is 11.1 Å². The smallest absolute Gasteiger partial charge is 0.243 e. The summed E-state index contributed by atoms with van der Waals surface area (Å²) in [6, 6.07) is 11.8. The molecule has 0 aliphatic rings. The lowest BCUT2D eigenvalue weighted by Gasteiger charge is -2.08. The summed E-state index contributed by atoms with van der Waals surface area (Å²) in [4.78, 5) is -0.396. The lowest BCUT2D eigenvalue weighted by molar-refractivity contribution is 0.557. The van der Waals surface area contributed by atoms with Crippen LogP contribution in [0.5, 0.6) is 0 Å². The molecule has 21 heavy (non-hydrogen) atoms. The van der Waals surface area contributed by atoms with Crippen molar-refractivity contribution in [1.82, 2.24) is 4.72 Å². The van der Waals surface area contributed by atoms with E-state index in [-0.39, 0.29) is 12.4 Å². The van der Waals surface area contributed by atoms with Gasteiger partial charge in [-0.1, -0.05) is 30.3 Å². The Hall–Kier alpha value is -2.25. The third-order valence-corrected chi connectivity index (χ3v) is 4.26. The van der Waals surface area contributed by atoms with Crippen LogP contribution in [0.3, 0.4) is 0 Å². The molecular weight excluding hydrogens is 293 g/mol. The largest absolute Gasteiger partial charge is 0.384 e. The number of hydrogen-bond donors (Lipinski definition) is 3. The van der Waals surface area contributed by atoms with E-state index in [1.165, 1.54) is 18.2 Å². The van der Waals surface area contributed by atoms with Crippen molar-refractivity contribution in [1.29, 1.82) is 5.41 Å². The zero-order valence-electron chi connectivity index (χ0n) is 11.0. The van der Waals surface area contributed by atoms with E-state index in [0.717, 1.165) is 6.07 Å². The molecule has 110 valence electrons. The minimum absolute atomic E-state index is 0.0161. The van der Waals surface area contributed by atoms with E-state index < -0.39 is 20.7 Å². The lowest BCUT2D eigenvalue weighted by Crippen LogP contribution is -2.24. The van der Waals surface area contributed by atoms with Crippen LogP contribution in [0, 0.1) is 11.2 Å². The third kappa shape index (κ3) is 3.65. The Bertz CT molecular complexity index is 775. The van der Waals surface area contributed by atoms with Crippen molar-refractivity contribution in [3.63, 3.8) is 0 Å². The molecule has 5 nitrogen and oxygen atoms in total. The predicted molar refractivity (Wildman–Crippen MR) is 77.9 cm³/mol. The molecule has 2 aromatic rings. The summed E-state index contributed by atoms with van der Waals surface area (Å²) in [7, 11) is -3.93. The van der Waals surface area contributed by atoms with Crippen molar-refractivity contribution in [2.24, 2.45) is 5.73 Å². The highest BCUT2D eigenvalue weighted by atomic mass is 32.2. The Labute approximate surface area is 122 Å². The fourth-order valence-electron chi connectivity index (χ4n) is 1.77. The Morgan fingerprint density at radius 1 is 1.19 bits per heavy atom. The summed E-state index contributed by atoms with van der Waals surface area (Å²) >= 11 is 0. The van der Waals surface area contributed by atoms with Crippen LogP contribution in [0.25, 0.3) is 0 Å². The van der Waals surface area contributed by atoms with Crippen LogP contribution in [-0.2, 0) is 16.6 Å². The highest BCUT2D eigenvalue weighted by Gasteiger charge is 2.17. The molecule has 2 rings (SSSR count). The van der Waals surface area contributed by atoms with Crippen molar-refractivity contribution in [3.05, 3.63) is 65.5 Å². The number of nitrogens with two attached hydrogens (primary N) is 1. The summed E-state index contributed by atoms with van der Waals surface area (Å²) in [6.07, 6.45) is 0. The van der Waals surface area contributed by atoms with Gasteiger partial charge in [-0.3, -0.25) is 5.41 Å². The predicted octanol–water partition coefficient (Wildman–Crippen LogP) is 1.59. The van der Waals surface area contributed by atoms with E-state index in [1.807, 2.05) is 0 Å². The van der Waals surface area contributed by atoms with Gasteiger partial charge in [0.05, 0.1) is 0 Å². The van der Waals surface area contributed by atoms with E-state index in [4.69, 9.17) is 11.1 Å². The monoisotopic (exact) mass is 307 g/mol. The second-order valence-electron chi connectivity index (χ2n) is 4.37. The zero-order chi connectivity index (χ0) is 15.5. The van der Waals surface area contributed by atoms with Crippen molar-refractivity contribution >= 4 is 15.9 Å². The lowest BCUT2D eigenvalue weighted by atomic mass is 10.1. The van der Waals surface area contributed by atoms with Gasteiger partial charge in [-0.05, 0) is 23.8 Å². The molecule has 0 spiro atoms. The summed E-state index contributed by atoms with van der Waals surface area (Å²) in [5, 5.41) is 7.34. The van der Waals surface area contributed by atoms with Gasteiger partial charge < -0.3 is 5.73 Å². The molecule has 0 saturated carbocycles. The van der Waals surface area contributed by atoms with Crippen LogP contribution in [-0.4, -0.2) is 14.3 Å². The second kappa shape index (κ2) is 6.02. The maximum atomic E-state index is 13.5. The molecule has 0 atom stereocenters. The fraction of sp³-hybridized carbons (Fsp3) is 0.0714. The molecule has 0 aromatic heterocycles. The third-order valence-electron chi connectivity index (χ3n) is 2.83. The minimum atomic E-state index is -3.93. The van der Waals surface area contributed by atoms with Gasteiger partial charge in [0.1, 0.15) is 16.5 Å². The van der Waals surface area contributed by atoms with Gasteiger partial charge in [0.2, 0.25) is 10.0 Å². The molecular formula is C14H14FN3O2S. The van der Waals surface area contributed by atoms with Crippen LogP contribution in [0.15, 0.2) is 53.4 Å². The summed E-state index contributed by atoms with van der Waals surface area (Å²) in [5.74, 6) is -0.906. The number of benzene rings is 2. The Balaban J connectivity index is 2.18. The Kier molecular flexibility index (Phi) is 4.35. The van der Waals surface area contributed by atoms with Crippen molar-refractivity contribution in [2.45, 2.75) is 11.4 Å². The highest BCUT2D eigenvalue weighted by molar-refractivity contribution is 7.89. The van der Waals surface area contributed by atoms with Crippen molar-refractivity contribution in [3.8, 4) is 0 Å². The van der Waals surface area contributed by atoms with Gasteiger partial charge >= 0.3 is 0 Å². The topological polar surface area (TPSA) is 96.0 Å². The number of nitrogen functional groups attached to an aromatic ring is 1. The number of amidine groups is 1. The van der Waals surface area contributed by atoms with E-state index in [1.54, 1.807) is 24.3 Å². The van der Waals surface area contributed by atoms with Crippen LogP contribution >= 0.6 is 0 Å². The number of nitrogens with one attached hydrogen (secondary N) is 2. The van der Waals surface area contributed by atoms with Gasteiger partial charge in [-0.2, -0.15) is 0 Å². The van der Waals surface area contributed by atoms with Gasteiger partial charge in [0.15, 0.2) is 0 Å². The molecule has 0 fully saturated rings. The molecule has 0 amide bonds. The molecule has 7 heteroatoms. The zero-order valence-corrected chi connectivity index (χ0v) is 11.8. The summed E-state index contributed by atoms with van der Waals surface area (Å²) in [5.41, 5.74) is 6.50. The maximum Gasteiger partial charge on any atom is 0.243 e. The average molecular weight is 307 g/mol. The van der Waals surface area contributed by atoms with Gasteiger partial charge in [-0.15, -0.1) is 0 Å². The first-order valence-electron chi connectivity index (χ1n) is 6.08. The Morgan fingerprint density at radius 3 is 2.57 bits per heavy atom. The van der Waals surface area contributed by atoms with Gasteiger partial charge in [0, 0.05) is 12.1 Å². The molecule has 4 N–H and O–H groups in total. The van der Waals surface area contributed by atoms with Crippen LogP contribution in [0.2, 0.25) is 0 Å². The van der Waals surface area contributed by atoms with E-state index in [2.05, 4.69) is 4.72 Å². The average Bonchev–Trinajstić information content (AvgIpc) is 2.46. The quantitative estimate of drug-likeness (QED) is 0.578. The molecule has 0 radical (unpaired) electrons. The minimum Gasteiger partial charge on any atom is -0.384 e. The van der Waals surface area contributed by atoms with Crippen molar-refractivity contribution < 1.29 is 12.8 Å². The fourth-order valence-corrected chi connectivity index (χ4v) is 2.86. The highest BCUT2D eigenvalue weighted by Crippen LogP contribution is 2.14. The Morgan fingerprint density at radius 2 is 1.90 bits per heavy atom. The molecule has 0 heterocycles. The molecule has 0 saturated heterocycles. The summed E-state index contributed by atoms with van der Waals surface area (Å²) < 4.78 is 39.9. The van der Waals surface area contributed by atoms with Gasteiger partial charge in [0.25, 0.3) is 0 Å².